The Morgan fingerprint density at radius 3 is 1.38 bits per heavy atom. The molecule has 0 heterocycles. The number of anilines is 2. The number of urea groups is 2. The highest BCUT2D eigenvalue weighted by atomic mass is 16.3. The fourth-order valence-corrected chi connectivity index (χ4v) is 2.03. The molecule has 0 fully saturated rings. The maximum Gasteiger partial charge on any atom is 0.333 e. The molecule has 0 saturated heterocycles. The summed E-state index contributed by atoms with van der Waals surface area (Å²) < 4.78 is 0. The van der Waals surface area contributed by atoms with Gasteiger partial charge in [-0.1, -0.05) is 12.1 Å². The first-order valence-electron chi connectivity index (χ1n) is 6.57. The summed E-state index contributed by atoms with van der Waals surface area (Å²) in [6, 6.07) is 6.58. The topological polar surface area (TPSA) is 185 Å². The van der Waals surface area contributed by atoms with Gasteiger partial charge in [0.25, 0.3) is 0 Å². The molecule has 4 amide bonds. The predicted octanol–water partition coefficient (Wildman–Crippen LogP) is 0.282. The van der Waals surface area contributed by atoms with Gasteiger partial charge in [0.2, 0.25) is 0 Å². The smallest absolute Gasteiger partial charge is 0.333 e. The number of hydrazine groups is 2. The van der Waals surface area contributed by atoms with Crippen molar-refractivity contribution in [2.45, 2.75) is 0 Å². The van der Waals surface area contributed by atoms with Gasteiger partial charge in [-0.2, -0.15) is 0 Å². The van der Waals surface area contributed by atoms with Gasteiger partial charge in [0.05, 0.1) is 0 Å². The Balaban J connectivity index is 2.53. The molecule has 0 aromatic heterocycles. The minimum absolute atomic E-state index is 0.0193. The number of amides is 4. The molecule has 10 nitrogen and oxygen atoms in total. The number of rotatable bonds is 3. The Labute approximate surface area is 136 Å². The Hall–Kier alpha value is -3.50. The molecule has 0 spiro atoms. The number of nitrogens with zero attached hydrogens (tertiary/aromatic N) is 2. The van der Waals surface area contributed by atoms with E-state index < -0.39 is 12.1 Å². The Bertz CT molecular complexity index is 742. The number of hydrogen-bond donors (Lipinski definition) is 6. The summed E-state index contributed by atoms with van der Waals surface area (Å²) in [6.45, 7) is 0. The van der Waals surface area contributed by atoms with Crippen molar-refractivity contribution in [2.24, 2.45) is 23.2 Å². The number of benzene rings is 2. The Kier molecular flexibility index (Phi) is 4.44. The fourth-order valence-electron chi connectivity index (χ4n) is 2.03. The summed E-state index contributed by atoms with van der Waals surface area (Å²) in [6.07, 6.45) is 0. The number of primary amides is 2. The molecule has 0 bridgehead atoms. The van der Waals surface area contributed by atoms with E-state index in [4.69, 9.17) is 23.2 Å². The second-order valence-corrected chi connectivity index (χ2v) is 4.82. The lowest BCUT2D eigenvalue weighted by Crippen LogP contribution is -2.41. The number of phenols is 2. The van der Waals surface area contributed by atoms with Crippen molar-refractivity contribution in [3.63, 3.8) is 0 Å². The first kappa shape index (κ1) is 16.9. The summed E-state index contributed by atoms with van der Waals surface area (Å²) >= 11 is 0. The van der Waals surface area contributed by atoms with Gasteiger partial charge in [-0.15, -0.1) is 0 Å². The van der Waals surface area contributed by atoms with E-state index in [1.807, 2.05) is 0 Å². The molecule has 10 heteroatoms. The molecule has 0 saturated carbocycles. The van der Waals surface area contributed by atoms with Crippen LogP contribution in [0.2, 0.25) is 0 Å². The van der Waals surface area contributed by atoms with Crippen LogP contribution in [-0.4, -0.2) is 22.3 Å². The quantitative estimate of drug-likeness (QED) is 0.266. The van der Waals surface area contributed by atoms with Gasteiger partial charge >= 0.3 is 12.1 Å². The minimum atomic E-state index is -0.962. The van der Waals surface area contributed by atoms with E-state index >= 15 is 0 Å². The SMILES string of the molecule is NC(=O)N(N)c1cc(-c2ccc(O)c(N(N)C(N)=O)c2)ccc1O. The molecule has 0 aliphatic carbocycles. The van der Waals surface area contributed by atoms with E-state index in [9.17, 15) is 19.8 Å². The summed E-state index contributed by atoms with van der Waals surface area (Å²) in [4.78, 5) is 22.3. The third-order valence-electron chi connectivity index (χ3n) is 3.28. The van der Waals surface area contributed by atoms with Crippen molar-refractivity contribution in [1.82, 2.24) is 0 Å². The second kappa shape index (κ2) is 6.32. The molecule has 0 aliphatic rings. The number of carbonyl (C=O) groups is 2. The van der Waals surface area contributed by atoms with Crippen LogP contribution in [0.4, 0.5) is 21.0 Å². The highest BCUT2D eigenvalue weighted by Crippen LogP contribution is 2.35. The number of aromatic hydroxyl groups is 2. The standard InChI is InChI=1S/C14H16N6O4/c15-13(23)19(17)9-5-7(1-3-11(9)21)8-2-4-12(22)10(6-8)20(18)14(16)24/h1-6,21-22H,17-18H2,(H2,15,23)(H2,16,24). The van der Waals surface area contributed by atoms with Crippen LogP contribution < -0.4 is 33.2 Å². The summed E-state index contributed by atoms with van der Waals surface area (Å²) in [5.41, 5.74) is 11.2. The van der Waals surface area contributed by atoms with Crippen molar-refractivity contribution < 1.29 is 19.8 Å². The van der Waals surface area contributed by atoms with Gasteiger partial charge in [-0.25, -0.2) is 31.3 Å². The van der Waals surface area contributed by atoms with Crippen molar-refractivity contribution >= 4 is 23.4 Å². The van der Waals surface area contributed by atoms with E-state index in [-0.39, 0.29) is 22.9 Å². The molecular formula is C14H16N6O4. The molecule has 24 heavy (non-hydrogen) atoms. The average Bonchev–Trinajstić information content (AvgIpc) is 2.54. The number of phenolic OH excluding ortho intramolecular Hbond substituents is 2. The van der Waals surface area contributed by atoms with Gasteiger partial charge < -0.3 is 21.7 Å². The molecular weight excluding hydrogens is 316 g/mol. The van der Waals surface area contributed by atoms with Crippen LogP contribution in [0.15, 0.2) is 36.4 Å². The molecule has 2 rings (SSSR count). The van der Waals surface area contributed by atoms with Crippen LogP contribution in [0.3, 0.4) is 0 Å². The lowest BCUT2D eigenvalue weighted by atomic mass is 10.0. The van der Waals surface area contributed by atoms with Crippen molar-refractivity contribution in [3.8, 4) is 22.6 Å². The zero-order valence-corrected chi connectivity index (χ0v) is 12.4. The lowest BCUT2D eigenvalue weighted by Gasteiger charge is -2.18. The van der Waals surface area contributed by atoms with Crippen LogP contribution in [0.1, 0.15) is 0 Å². The molecule has 0 atom stereocenters. The van der Waals surface area contributed by atoms with Crippen LogP contribution >= 0.6 is 0 Å². The van der Waals surface area contributed by atoms with E-state index in [1.165, 1.54) is 36.4 Å². The van der Waals surface area contributed by atoms with Gasteiger partial charge in [-0.05, 0) is 35.4 Å². The summed E-state index contributed by atoms with van der Waals surface area (Å²) in [7, 11) is 0. The van der Waals surface area contributed by atoms with Crippen LogP contribution in [0.25, 0.3) is 11.1 Å². The maximum atomic E-state index is 11.2. The molecule has 0 aliphatic heterocycles. The van der Waals surface area contributed by atoms with Crippen LogP contribution in [0.5, 0.6) is 11.5 Å². The summed E-state index contributed by atoms with van der Waals surface area (Å²) in [5, 5.41) is 20.8. The molecule has 10 N–H and O–H groups in total. The third kappa shape index (κ3) is 3.14. The zero-order chi connectivity index (χ0) is 18.0. The fraction of sp³-hybridized carbons (Fsp3) is 0. The van der Waals surface area contributed by atoms with E-state index in [0.29, 0.717) is 21.1 Å². The first-order chi connectivity index (χ1) is 11.2. The minimum Gasteiger partial charge on any atom is -0.506 e. The first-order valence-corrected chi connectivity index (χ1v) is 6.57. The van der Waals surface area contributed by atoms with Gasteiger partial charge in [0, 0.05) is 0 Å². The summed E-state index contributed by atoms with van der Waals surface area (Å²) in [5.74, 6) is 10.5. The van der Waals surface area contributed by atoms with Crippen LogP contribution in [-0.2, 0) is 0 Å². The molecule has 0 unspecified atom stereocenters. The normalized spacial score (nSPS) is 10.2. The second-order valence-electron chi connectivity index (χ2n) is 4.82. The third-order valence-corrected chi connectivity index (χ3v) is 3.28. The van der Waals surface area contributed by atoms with Crippen molar-refractivity contribution in [3.05, 3.63) is 36.4 Å². The number of hydrogen-bond acceptors (Lipinski definition) is 6. The van der Waals surface area contributed by atoms with Crippen molar-refractivity contribution in [2.75, 3.05) is 10.0 Å². The highest BCUT2D eigenvalue weighted by Gasteiger charge is 2.16. The Morgan fingerprint density at radius 1 is 0.750 bits per heavy atom. The van der Waals surface area contributed by atoms with Gasteiger partial charge in [-0.3, -0.25) is 0 Å². The monoisotopic (exact) mass is 332 g/mol. The molecule has 126 valence electrons. The van der Waals surface area contributed by atoms with Gasteiger partial charge in [0.1, 0.15) is 22.9 Å². The predicted molar refractivity (Wildman–Crippen MR) is 87.7 cm³/mol. The Morgan fingerprint density at radius 2 is 1.08 bits per heavy atom. The molecule has 0 radical (unpaired) electrons. The van der Waals surface area contributed by atoms with Crippen molar-refractivity contribution in [1.29, 1.82) is 0 Å². The zero-order valence-electron chi connectivity index (χ0n) is 12.4. The highest BCUT2D eigenvalue weighted by molar-refractivity contribution is 5.94. The molecule has 2 aromatic carbocycles. The number of nitrogens with two attached hydrogens (primary N) is 4. The van der Waals surface area contributed by atoms with E-state index in [0.717, 1.165) is 0 Å². The average molecular weight is 332 g/mol. The van der Waals surface area contributed by atoms with E-state index in [2.05, 4.69) is 0 Å². The van der Waals surface area contributed by atoms with Crippen LogP contribution in [0, 0.1) is 0 Å². The number of carbonyl (C=O) groups excluding carboxylic acids is 2. The molecule has 2 aromatic rings. The largest absolute Gasteiger partial charge is 0.506 e. The lowest BCUT2D eigenvalue weighted by molar-refractivity contribution is 0.253. The van der Waals surface area contributed by atoms with E-state index in [1.54, 1.807) is 0 Å². The van der Waals surface area contributed by atoms with Gasteiger partial charge in [0.15, 0.2) is 0 Å². The maximum absolute atomic E-state index is 11.2.